The molecular formula is C23H25F3N6O2S. The highest BCUT2D eigenvalue weighted by Crippen LogP contribution is 2.34. The van der Waals surface area contributed by atoms with Crippen molar-refractivity contribution in [3.05, 3.63) is 46.2 Å². The van der Waals surface area contributed by atoms with Crippen molar-refractivity contribution in [3.63, 3.8) is 0 Å². The molecule has 5 rings (SSSR count). The van der Waals surface area contributed by atoms with Gasteiger partial charge in [-0.2, -0.15) is 13.2 Å². The quantitative estimate of drug-likeness (QED) is 0.543. The van der Waals surface area contributed by atoms with Crippen molar-refractivity contribution in [3.8, 4) is 0 Å². The van der Waals surface area contributed by atoms with Crippen LogP contribution in [0.5, 0.6) is 0 Å². The van der Waals surface area contributed by atoms with Crippen LogP contribution < -0.4 is 0 Å². The first-order valence-electron chi connectivity index (χ1n) is 11.4. The number of likely N-dealkylation sites (tertiary alicyclic amines) is 1. The second kappa shape index (κ2) is 8.90. The molecular weight excluding hydrogens is 481 g/mol. The maximum Gasteiger partial charge on any atom is 0.449 e. The summed E-state index contributed by atoms with van der Waals surface area (Å²) in [5.74, 6) is -1.22. The zero-order valence-corrected chi connectivity index (χ0v) is 20.1. The highest BCUT2D eigenvalue weighted by atomic mass is 32.1. The molecule has 35 heavy (non-hydrogen) atoms. The molecule has 0 saturated carbocycles. The van der Waals surface area contributed by atoms with E-state index < -0.39 is 18.0 Å². The van der Waals surface area contributed by atoms with Gasteiger partial charge in [0.1, 0.15) is 0 Å². The number of benzene rings is 1. The Bertz CT molecular complexity index is 1240. The molecule has 2 aromatic heterocycles. The molecule has 2 aliphatic rings. The molecule has 4 heterocycles. The fraction of sp³-hybridized carbons (Fsp3) is 0.478. The van der Waals surface area contributed by atoms with Gasteiger partial charge < -0.3 is 14.4 Å². The first-order valence-corrected chi connectivity index (χ1v) is 12.3. The monoisotopic (exact) mass is 506 g/mol. The van der Waals surface area contributed by atoms with E-state index in [1.54, 1.807) is 47.4 Å². The third kappa shape index (κ3) is 4.40. The van der Waals surface area contributed by atoms with E-state index in [2.05, 4.69) is 14.9 Å². The van der Waals surface area contributed by atoms with Crippen molar-refractivity contribution >= 4 is 34.2 Å². The topological polar surface area (TPSA) is 74.6 Å². The molecule has 12 heteroatoms. The maximum atomic E-state index is 13.5. The summed E-state index contributed by atoms with van der Waals surface area (Å²) in [6.45, 7) is 7.11. The fourth-order valence-electron chi connectivity index (χ4n) is 4.74. The van der Waals surface area contributed by atoms with Gasteiger partial charge >= 0.3 is 6.18 Å². The number of carbonyl (C=O) groups excluding carboxylic acids is 2. The maximum absolute atomic E-state index is 13.5. The summed E-state index contributed by atoms with van der Waals surface area (Å²) < 4.78 is 41.6. The summed E-state index contributed by atoms with van der Waals surface area (Å²) in [7, 11) is 0. The first-order chi connectivity index (χ1) is 16.6. The van der Waals surface area contributed by atoms with E-state index in [9.17, 15) is 22.8 Å². The van der Waals surface area contributed by atoms with Crippen LogP contribution >= 0.6 is 11.3 Å². The molecule has 2 aliphatic heterocycles. The average molecular weight is 507 g/mol. The summed E-state index contributed by atoms with van der Waals surface area (Å²) in [5, 5.41) is 2.28. The highest BCUT2D eigenvalue weighted by Gasteiger charge is 2.39. The molecule has 0 bridgehead atoms. The minimum Gasteiger partial charge on any atom is -0.335 e. The lowest BCUT2D eigenvalue weighted by Crippen LogP contribution is -2.64. The Hall–Kier alpha value is -2.99. The minimum atomic E-state index is -4.58. The van der Waals surface area contributed by atoms with Crippen LogP contribution in [-0.2, 0) is 6.18 Å². The van der Waals surface area contributed by atoms with Gasteiger partial charge in [0.2, 0.25) is 5.82 Å². The molecule has 0 radical (unpaired) electrons. The van der Waals surface area contributed by atoms with Gasteiger partial charge in [0.15, 0.2) is 5.01 Å². The molecule has 2 fully saturated rings. The number of amides is 2. The van der Waals surface area contributed by atoms with E-state index in [-0.39, 0.29) is 23.4 Å². The molecule has 8 nitrogen and oxygen atoms in total. The molecule has 1 aromatic carbocycles. The van der Waals surface area contributed by atoms with E-state index in [0.29, 0.717) is 42.3 Å². The van der Waals surface area contributed by atoms with Crippen LogP contribution in [0.25, 0.3) is 11.0 Å². The van der Waals surface area contributed by atoms with E-state index in [1.807, 2.05) is 0 Å². The number of halogens is 3. The Kier molecular flexibility index (Phi) is 6.04. The summed E-state index contributed by atoms with van der Waals surface area (Å²) in [4.78, 5) is 39.1. The number of alkyl halides is 3. The smallest absolute Gasteiger partial charge is 0.335 e. The average Bonchev–Trinajstić information content (AvgIpc) is 3.45. The summed E-state index contributed by atoms with van der Waals surface area (Å²) in [6, 6.07) is 4.34. The van der Waals surface area contributed by atoms with Gasteiger partial charge in [-0.1, -0.05) is 0 Å². The number of carbonyl (C=O) groups is 2. The van der Waals surface area contributed by atoms with E-state index in [0.717, 1.165) is 17.7 Å². The number of thiazole rings is 1. The number of piperazine rings is 1. The van der Waals surface area contributed by atoms with Crippen molar-refractivity contribution in [1.29, 1.82) is 0 Å². The second-order valence-electron chi connectivity index (χ2n) is 9.13. The summed E-state index contributed by atoms with van der Waals surface area (Å²) in [5.41, 5.74) is 0.849. The summed E-state index contributed by atoms with van der Waals surface area (Å²) >= 11 is 1.33. The summed E-state index contributed by atoms with van der Waals surface area (Å²) in [6.07, 6.45) is -2.95. The molecule has 0 aliphatic carbocycles. The molecule has 0 unspecified atom stereocenters. The number of imidazole rings is 1. The number of hydrogen-bond donors (Lipinski definition) is 0. The molecule has 2 saturated heterocycles. The lowest BCUT2D eigenvalue weighted by molar-refractivity contribution is -0.147. The minimum absolute atomic E-state index is 0.0472. The van der Waals surface area contributed by atoms with Gasteiger partial charge in [0.25, 0.3) is 11.8 Å². The van der Waals surface area contributed by atoms with Crippen molar-refractivity contribution in [2.45, 2.75) is 32.1 Å². The van der Waals surface area contributed by atoms with Gasteiger partial charge in [-0.25, -0.2) is 9.97 Å². The zero-order chi connectivity index (χ0) is 24.9. The number of rotatable bonds is 4. The lowest BCUT2D eigenvalue weighted by Gasteiger charge is -2.48. The van der Waals surface area contributed by atoms with Gasteiger partial charge in [-0.3, -0.25) is 14.5 Å². The number of fused-ring (bicyclic) bond motifs is 1. The van der Waals surface area contributed by atoms with E-state index in [1.165, 1.54) is 17.4 Å². The van der Waals surface area contributed by atoms with E-state index in [4.69, 9.17) is 0 Å². The van der Waals surface area contributed by atoms with Crippen LogP contribution in [0.15, 0.2) is 29.8 Å². The number of hydrogen-bond acceptors (Lipinski definition) is 6. The van der Waals surface area contributed by atoms with Crippen molar-refractivity contribution in [1.82, 2.24) is 29.2 Å². The number of nitrogens with zero attached hydrogens (tertiary/aromatic N) is 6. The predicted molar refractivity (Wildman–Crippen MR) is 124 cm³/mol. The van der Waals surface area contributed by atoms with Crippen LogP contribution in [0.4, 0.5) is 13.2 Å². The van der Waals surface area contributed by atoms with Crippen LogP contribution in [0, 0.1) is 0 Å². The van der Waals surface area contributed by atoms with Gasteiger partial charge in [-0.05, 0) is 32.0 Å². The predicted octanol–water partition coefficient (Wildman–Crippen LogP) is 3.37. The SMILES string of the molecule is CC(C)n1c(C(F)(F)F)nc2cc(C(=O)N3CC(N4CCN(C(=O)c5nccs5)CC4)C3)ccc21. The van der Waals surface area contributed by atoms with Crippen molar-refractivity contribution in [2.24, 2.45) is 0 Å². The molecule has 2 amide bonds. The molecule has 0 spiro atoms. The standard InChI is InChI=1S/C23H25F3N6O2S/c1-14(2)32-18-4-3-15(11-17(18)28-22(32)23(24,25)26)20(33)31-12-16(13-31)29-6-8-30(9-7-29)21(34)19-27-5-10-35-19/h3-5,10-11,14,16H,6-9,12-13H2,1-2H3. The molecule has 0 atom stereocenters. The Morgan fingerprint density at radius 1 is 1.06 bits per heavy atom. The Morgan fingerprint density at radius 2 is 1.77 bits per heavy atom. The van der Waals surface area contributed by atoms with Crippen LogP contribution in [0.3, 0.4) is 0 Å². The largest absolute Gasteiger partial charge is 0.449 e. The zero-order valence-electron chi connectivity index (χ0n) is 19.3. The Labute approximate surface area is 204 Å². The first kappa shape index (κ1) is 23.7. The lowest BCUT2D eigenvalue weighted by atomic mass is 10.0. The third-order valence-electron chi connectivity index (χ3n) is 6.59. The normalized spacial score (nSPS) is 17.9. The van der Waals surface area contributed by atoms with Gasteiger partial charge in [0.05, 0.1) is 11.0 Å². The Morgan fingerprint density at radius 3 is 2.37 bits per heavy atom. The highest BCUT2D eigenvalue weighted by molar-refractivity contribution is 7.11. The second-order valence-corrected chi connectivity index (χ2v) is 10.0. The van der Waals surface area contributed by atoms with Crippen molar-refractivity contribution in [2.75, 3.05) is 39.3 Å². The van der Waals surface area contributed by atoms with Crippen molar-refractivity contribution < 1.29 is 22.8 Å². The Balaban J connectivity index is 1.21. The van der Waals surface area contributed by atoms with Crippen LogP contribution in [0.2, 0.25) is 0 Å². The van der Waals surface area contributed by atoms with Gasteiger partial charge in [0, 0.05) is 68.5 Å². The molecule has 3 aromatic rings. The van der Waals surface area contributed by atoms with Crippen LogP contribution in [0.1, 0.15) is 45.9 Å². The molecule has 186 valence electrons. The number of aromatic nitrogens is 3. The van der Waals surface area contributed by atoms with E-state index >= 15 is 0 Å². The molecule has 0 N–H and O–H groups in total. The van der Waals surface area contributed by atoms with Crippen LogP contribution in [-0.4, -0.2) is 86.4 Å². The fourth-order valence-corrected chi connectivity index (χ4v) is 5.35. The van der Waals surface area contributed by atoms with Gasteiger partial charge in [-0.15, -0.1) is 11.3 Å². The third-order valence-corrected chi connectivity index (χ3v) is 7.35.